The number of amides is 2. The zero-order valence-corrected chi connectivity index (χ0v) is 14.9. The van der Waals surface area contributed by atoms with Crippen molar-refractivity contribution in [2.24, 2.45) is 0 Å². The van der Waals surface area contributed by atoms with E-state index >= 15 is 0 Å². The highest BCUT2D eigenvalue weighted by Gasteiger charge is 2.13. The minimum Gasteiger partial charge on any atom is -0.487 e. The predicted octanol–water partition coefficient (Wildman–Crippen LogP) is 3.33. The lowest BCUT2D eigenvalue weighted by molar-refractivity contribution is 0.0964. The second kappa shape index (κ2) is 8.26. The van der Waals surface area contributed by atoms with Gasteiger partial charge in [0.05, 0.1) is 22.5 Å². The number of benzene rings is 2. The van der Waals surface area contributed by atoms with E-state index in [0.29, 0.717) is 29.2 Å². The van der Waals surface area contributed by atoms with Gasteiger partial charge in [0.2, 0.25) is 0 Å². The maximum atomic E-state index is 12.6. The molecule has 0 spiro atoms. The zero-order valence-electron chi connectivity index (χ0n) is 14.1. The average Bonchev–Trinajstić information content (AvgIpc) is 3.20. The van der Waals surface area contributed by atoms with E-state index in [9.17, 15) is 9.59 Å². The minimum atomic E-state index is -0.319. The molecule has 6 nitrogen and oxygen atoms in total. The molecule has 0 fully saturated rings. The van der Waals surface area contributed by atoms with E-state index in [4.69, 9.17) is 4.74 Å². The zero-order chi connectivity index (χ0) is 18.4. The third-order valence-corrected chi connectivity index (χ3v) is 4.25. The highest BCUT2D eigenvalue weighted by Crippen LogP contribution is 2.19. The Bertz CT molecular complexity index is 910. The van der Waals surface area contributed by atoms with Gasteiger partial charge in [-0.3, -0.25) is 9.59 Å². The molecule has 1 heterocycles. The summed E-state index contributed by atoms with van der Waals surface area (Å²) in [7, 11) is 1.55. The van der Waals surface area contributed by atoms with Crippen molar-refractivity contribution in [1.29, 1.82) is 0 Å². The summed E-state index contributed by atoms with van der Waals surface area (Å²) in [5.74, 6) is -0.00746. The molecule has 0 aliphatic rings. The summed E-state index contributed by atoms with van der Waals surface area (Å²) in [4.78, 5) is 28.6. The number of thiazole rings is 1. The fourth-order valence-corrected chi connectivity index (χ4v) is 2.86. The number of carbonyl (C=O) groups excluding carboxylic acids is 2. The molecule has 0 radical (unpaired) electrons. The standard InChI is InChI=1S/C19H17N3O3S/c1-20-19(24)16-7-2-3-8-17(16)22-18(23)13-5-4-6-15(9-13)25-10-14-11-26-12-21-14/h2-9,11-12H,10H2,1H3,(H,20,24)(H,22,23). The first kappa shape index (κ1) is 17.6. The molecular formula is C19H17N3O3S. The van der Waals surface area contributed by atoms with Gasteiger partial charge in [-0.1, -0.05) is 18.2 Å². The van der Waals surface area contributed by atoms with Gasteiger partial charge in [0.15, 0.2) is 0 Å². The number of hydrogen-bond acceptors (Lipinski definition) is 5. The van der Waals surface area contributed by atoms with Crippen LogP contribution in [0.3, 0.4) is 0 Å². The number of carbonyl (C=O) groups is 2. The molecule has 7 heteroatoms. The average molecular weight is 367 g/mol. The maximum Gasteiger partial charge on any atom is 0.255 e. The third-order valence-electron chi connectivity index (χ3n) is 3.61. The number of aromatic nitrogens is 1. The number of hydrogen-bond donors (Lipinski definition) is 2. The minimum absolute atomic E-state index is 0.263. The van der Waals surface area contributed by atoms with E-state index < -0.39 is 0 Å². The van der Waals surface area contributed by atoms with Gasteiger partial charge >= 0.3 is 0 Å². The molecule has 0 aliphatic carbocycles. The lowest BCUT2D eigenvalue weighted by atomic mass is 10.1. The molecule has 0 bridgehead atoms. The molecule has 3 aromatic rings. The smallest absolute Gasteiger partial charge is 0.255 e. The van der Waals surface area contributed by atoms with Crippen LogP contribution < -0.4 is 15.4 Å². The van der Waals surface area contributed by atoms with Crippen LogP contribution in [0, 0.1) is 0 Å². The molecule has 0 aliphatic heterocycles. The Labute approximate surface area is 154 Å². The van der Waals surface area contributed by atoms with Crippen LogP contribution in [0.5, 0.6) is 5.75 Å². The van der Waals surface area contributed by atoms with E-state index in [1.807, 2.05) is 5.38 Å². The Kier molecular flexibility index (Phi) is 5.60. The van der Waals surface area contributed by atoms with Gasteiger partial charge in [0.25, 0.3) is 11.8 Å². The SMILES string of the molecule is CNC(=O)c1ccccc1NC(=O)c1cccc(OCc2cscn2)c1. The Morgan fingerprint density at radius 2 is 1.96 bits per heavy atom. The monoisotopic (exact) mass is 367 g/mol. The first-order valence-electron chi connectivity index (χ1n) is 7.90. The molecule has 0 saturated heterocycles. The Morgan fingerprint density at radius 1 is 1.12 bits per heavy atom. The lowest BCUT2D eigenvalue weighted by Gasteiger charge is -2.11. The van der Waals surface area contributed by atoms with Gasteiger partial charge in [0.1, 0.15) is 12.4 Å². The summed E-state index contributed by atoms with van der Waals surface area (Å²) in [5, 5.41) is 7.24. The molecular weight excluding hydrogens is 350 g/mol. The van der Waals surface area contributed by atoms with Crippen LogP contribution in [-0.2, 0) is 6.61 Å². The molecule has 1 aromatic heterocycles. The molecule has 0 atom stereocenters. The van der Waals surface area contributed by atoms with E-state index in [1.165, 1.54) is 11.3 Å². The Balaban J connectivity index is 1.72. The van der Waals surface area contributed by atoms with Crippen molar-refractivity contribution < 1.29 is 14.3 Å². The highest BCUT2D eigenvalue weighted by atomic mass is 32.1. The van der Waals surface area contributed by atoms with Gasteiger partial charge in [0, 0.05) is 18.0 Å². The quantitative estimate of drug-likeness (QED) is 0.700. The second-order valence-electron chi connectivity index (χ2n) is 5.38. The maximum absolute atomic E-state index is 12.6. The van der Waals surface area contributed by atoms with E-state index in [-0.39, 0.29) is 11.8 Å². The summed E-state index contributed by atoms with van der Waals surface area (Å²) >= 11 is 1.50. The fourth-order valence-electron chi connectivity index (χ4n) is 2.31. The van der Waals surface area contributed by atoms with Gasteiger partial charge < -0.3 is 15.4 Å². The van der Waals surface area contributed by atoms with Crippen molar-refractivity contribution in [3.63, 3.8) is 0 Å². The molecule has 0 saturated carbocycles. The summed E-state index contributed by atoms with van der Waals surface area (Å²) in [6, 6.07) is 13.7. The first-order valence-corrected chi connectivity index (χ1v) is 8.84. The lowest BCUT2D eigenvalue weighted by Crippen LogP contribution is -2.21. The summed E-state index contributed by atoms with van der Waals surface area (Å²) in [6.07, 6.45) is 0. The normalized spacial score (nSPS) is 10.2. The molecule has 0 unspecified atom stereocenters. The largest absolute Gasteiger partial charge is 0.487 e. The van der Waals surface area contributed by atoms with Crippen molar-refractivity contribution in [3.05, 3.63) is 76.2 Å². The summed E-state index contributed by atoms with van der Waals surface area (Å²) < 4.78 is 5.67. The van der Waals surface area contributed by atoms with Crippen molar-refractivity contribution in [3.8, 4) is 5.75 Å². The number of rotatable bonds is 6. The number of para-hydroxylation sites is 1. The predicted molar refractivity (Wildman–Crippen MR) is 101 cm³/mol. The van der Waals surface area contributed by atoms with E-state index in [0.717, 1.165) is 5.69 Å². The molecule has 2 aromatic carbocycles. The van der Waals surface area contributed by atoms with Gasteiger partial charge in [-0.15, -0.1) is 11.3 Å². The van der Waals surface area contributed by atoms with Crippen LogP contribution >= 0.6 is 11.3 Å². The number of nitrogens with one attached hydrogen (secondary N) is 2. The topological polar surface area (TPSA) is 80.3 Å². The number of ether oxygens (including phenoxy) is 1. The molecule has 26 heavy (non-hydrogen) atoms. The molecule has 2 N–H and O–H groups in total. The van der Waals surface area contributed by atoms with Crippen LogP contribution in [0.4, 0.5) is 5.69 Å². The van der Waals surface area contributed by atoms with Crippen molar-refractivity contribution in [1.82, 2.24) is 10.3 Å². The van der Waals surface area contributed by atoms with Crippen molar-refractivity contribution >= 4 is 28.8 Å². The first-order chi connectivity index (χ1) is 12.7. The Morgan fingerprint density at radius 3 is 2.73 bits per heavy atom. The van der Waals surface area contributed by atoms with Crippen LogP contribution in [0.1, 0.15) is 26.4 Å². The fraction of sp³-hybridized carbons (Fsp3) is 0.105. The van der Waals surface area contributed by atoms with E-state index in [2.05, 4.69) is 15.6 Å². The van der Waals surface area contributed by atoms with Gasteiger partial charge in [-0.25, -0.2) is 4.98 Å². The molecule has 132 valence electrons. The second-order valence-corrected chi connectivity index (χ2v) is 6.09. The third kappa shape index (κ3) is 4.25. The van der Waals surface area contributed by atoms with Crippen molar-refractivity contribution in [2.45, 2.75) is 6.61 Å². The van der Waals surface area contributed by atoms with Crippen LogP contribution in [0.25, 0.3) is 0 Å². The van der Waals surface area contributed by atoms with Gasteiger partial charge in [-0.2, -0.15) is 0 Å². The van der Waals surface area contributed by atoms with Crippen molar-refractivity contribution in [2.75, 3.05) is 12.4 Å². The number of anilines is 1. The summed E-state index contributed by atoms with van der Waals surface area (Å²) in [5.41, 5.74) is 3.87. The van der Waals surface area contributed by atoms with E-state index in [1.54, 1.807) is 61.1 Å². The van der Waals surface area contributed by atoms with Crippen LogP contribution in [-0.4, -0.2) is 23.8 Å². The molecule has 2 amide bonds. The molecule has 3 rings (SSSR count). The van der Waals surface area contributed by atoms with Crippen LogP contribution in [0.15, 0.2) is 59.4 Å². The number of nitrogens with zero attached hydrogens (tertiary/aromatic N) is 1. The Hall–Kier alpha value is -3.19. The van der Waals surface area contributed by atoms with Gasteiger partial charge in [-0.05, 0) is 30.3 Å². The van der Waals surface area contributed by atoms with Crippen LogP contribution in [0.2, 0.25) is 0 Å². The highest BCUT2D eigenvalue weighted by molar-refractivity contribution is 7.07. The summed E-state index contributed by atoms with van der Waals surface area (Å²) in [6.45, 7) is 0.341.